The van der Waals surface area contributed by atoms with Crippen molar-refractivity contribution >= 4 is 11.9 Å². The number of amides is 1. The average molecular weight is 460 g/mol. The Morgan fingerprint density at radius 1 is 0.812 bits per heavy atom. The Labute approximate surface area is 193 Å². The van der Waals surface area contributed by atoms with Crippen molar-refractivity contribution in [3.63, 3.8) is 0 Å². The number of aliphatic carboxylic acids is 1. The number of carboxylic acids is 1. The molecule has 0 saturated carbocycles. The van der Waals surface area contributed by atoms with E-state index in [-0.39, 0.29) is 0 Å². The third-order valence-electron chi connectivity index (χ3n) is 6.00. The highest BCUT2D eigenvalue weighted by atomic mass is 16.7. The fraction of sp³-hybridized carbons (Fsp3) is 0.917. The van der Waals surface area contributed by atoms with Gasteiger partial charge in [-0.1, -0.05) is 90.4 Å². The zero-order valence-corrected chi connectivity index (χ0v) is 20.0. The molecule has 8 nitrogen and oxygen atoms in total. The van der Waals surface area contributed by atoms with E-state index in [2.05, 4.69) is 12.2 Å². The van der Waals surface area contributed by atoms with Crippen molar-refractivity contribution in [2.75, 3.05) is 6.61 Å². The molecule has 32 heavy (non-hydrogen) atoms. The fourth-order valence-electron chi connectivity index (χ4n) is 4.09. The first-order valence-electron chi connectivity index (χ1n) is 12.5. The van der Waals surface area contributed by atoms with E-state index >= 15 is 0 Å². The summed E-state index contributed by atoms with van der Waals surface area (Å²) in [6.07, 6.45) is 11.6. The number of carbonyl (C=O) groups is 2. The van der Waals surface area contributed by atoms with Gasteiger partial charge in [-0.05, 0) is 6.42 Å². The number of unbranched alkanes of at least 4 members (excludes halogenated alkanes) is 13. The molecular formula is C24H45NO7. The average Bonchev–Trinajstić information content (AvgIpc) is 2.75. The molecule has 4 N–H and O–H groups in total. The summed E-state index contributed by atoms with van der Waals surface area (Å²) in [5.74, 6) is -1.81. The molecule has 0 spiro atoms. The van der Waals surface area contributed by atoms with Crippen LogP contribution in [0.4, 0.5) is 0 Å². The van der Waals surface area contributed by atoms with Crippen LogP contribution >= 0.6 is 0 Å². The van der Waals surface area contributed by atoms with Crippen molar-refractivity contribution in [2.24, 2.45) is 0 Å². The Bertz CT molecular complexity index is 517. The molecule has 0 aromatic rings. The lowest BCUT2D eigenvalue weighted by Gasteiger charge is -2.41. The van der Waals surface area contributed by atoms with Crippen molar-refractivity contribution in [3.05, 3.63) is 0 Å². The molecule has 0 aromatic carbocycles. The maximum atomic E-state index is 11.4. The molecule has 188 valence electrons. The summed E-state index contributed by atoms with van der Waals surface area (Å²) in [4.78, 5) is 22.7. The van der Waals surface area contributed by atoms with E-state index in [0.29, 0.717) is 6.61 Å². The minimum Gasteiger partial charge on any atom is -0.479 e. The van der Waals surface area contributed by atoms with Crippen LogP contribution in [0.2, 0.25) is 0 Å². The summed E-state index contributed by atoms with van der Waals surface area (Å²) in [7, 11) is 0. The number of hydrogen-bond acceptors (Lipinski definition) is 6. The van der Waals surface area contributed by atoms with E-state index in [0.717, 1.165) is 19.3 Å². The Morgan fingerprint density at radius 2 is 1.28 bits per heavy atom. The highest BCUT2D eigenvalue weighted by Crippen LogP contribution is 2.23. The Kier molecular flexibility index (Phi) is 15.6. The minimum absolute atomic E-state index is 0.327. The lowest BCUT2D eigenvalue weighted by atomic mass is 9.96. The van der Waals surface area contributed by atoms with Crippen molar-refractivity contribution in [2.45, 2.75) is 134 Å². The summed E-state index contributed by atoms with van der Waals surface area (Å²) in [6, 6.07) is -1.02. The molecule has 1 aliphatic rings. The molecule has 0 aromatic heterocycles. The highest BCUT2D eigenvalue weighted by molar-refractivity contribution is 5.74. The minimum atomic E-state index is -1.65. The van der Waals surface area contributed by atoms with Gasteiger partial charge >= 0.3 is 5.97 Å². The van der Waals surface area contributed by atoms with E-state index < -0.39 is 42.5 Å². The summed E-state index contributed by atoms with van der Waals surface area (Å²) in [5.41, 5.74) is 0. The van der Waals surface area contributed by atoms with Crippen molar-refractivity contribution in [1.29, 1.82) is 0 Å². The monoisotopic (exact) mass is 459 g/mol. The van der Waals surface area contributed by atoms with Crippen LogP contribution in [0.3, 0.4) is 0 Å². The van der Waals surface area contributed by atoms with Crippen LogP contribution in [0.25, 0.3) is 0 Å². The Hall–Kier alpha value is -1.22. The van der Waals surface area contributed by atoms with Crippen molar-refractivity contribution < 1.29 is 34.4 Å². The second kappa shape index (κ2) is 17.3. The molecule has 1 amide bonds. The van der Waals surface area contributed by atoms with Crippen LogP contribution in [0.15, 0.2) is 0 Å². The number of carbonyl (C=O) groups excluding carboxylic acids is 1. The van der Waals surface area contributed by atoms with E-state index in [1.807, 2.05) is 0 Å². The topological polar surface area (TPSA) is 125 Å². The Balaban J connectivity index is 2.13. The van der Waals surface area contributed by atoms with Gasteiger partial charge in [0.15, 0.2) is 12.4 Å². The van der Waals surface area contributed by atoms with E-state index in [4.69, 9.17) is 9.47 Å². The molecule has 1 fully saturated rings. The molecule has 8 heteroatoms. The number of ether oxygens (including phenoxy) is 2. The van der Waals surface area contributed by atoms with Crippen LogP contribution < -0.4 is 5.32 Å². The zero-order valence-electron chi connectivity index (χ0n) is 20.0. The third kappa shape index (κ3) is 11.6. The van der Waals surface area contributed by atoms with Gasteiger partial charge in [0.25, 0.3) is 0 Å². The molecule has 0 radical (unpaired) electrons. The maximum absolute atomic E-state index is 11.4. The van der Waals surface area contributed by atoms with Gasteiger partial charge in [0.05, 0.1) is 0 Å². The van der Waals surface area contributed by atoms with E-state index in [9.17, 15) is 24.9 Å². The number of hydrogen-bond donors (Lipinski definition) is 4. The smallest absolute Gasteiger partial charge is 0.335 e. The van der Waals surface area contributed by atoms with Crippen LogP contribution in [-0.2, 0) is 19.1 Å². The first-order chi connectivity index (χ1) is 15.4. The summed E-state index contributed by atoms with van der Waals surface area (Å²) >= 11 is 0. The highest BCUT2D eigenvalue weighted by Gasteiger charge is 2.48. The second-order valence-corrected chi connectivity index (χ2v) is 8.94. The fourth-order valence-corrected chi connectivity index (χ4v) is 4.09. The molecule has 5 atom stereocenters. The van der Waals surface area contributed by atoms with E-state index in [1.54, 1.807) is 0 Å². The van der Waals surface area contributed by atoms with Gasteiger partial charge in [-0.3, -0.25) is 4.79 Å². The van der Waals surface area contributed by atoms with Crippen molar-refractivity contribution in [3.8, 4) is 0 Å². The lowest BCUT2D eigenvalue weighted by Crippen LogP contribution is -2.65. The zero-order chi connectivity index (χ0) is 23.8. The van der Waals surface area contributed by atoms with Gasteiger partial charge < -0.3 is 30.1 Å². The van der Waals surface area contributed by atoms with Crippen LogP contribution in [0, 0.1) is 0 Å². The number of aliphatic hydroxyl groups excluding tert-OH is 2. The molecular weight excluding hydrogens is 414 g/mol. The lowest BCUT2D eigenvalue weighted by molar-refractivity contribution is -0.264. The number of aliphatic hydroxyl groups is 2. The molecule has 1 rings (SSSR count). The van der Waals surface area contributed by atoms with Crippen LogP contribution in [0.5, 0.6) is 0 Å². The molecule has 1 unspecified atom stereocenters. The molecule has 1 saturated heterocycles. The largest absolute Gasteiger partial charge is 0.479 e. The van der Waals surface area contributed by atoms with Gasteiger partial charge in [-0.15, -0.1) is 0 Å². The van der Waals surface area contributed by atoms with Crippen molar-refractivity contribution in [1.82, 2.24) is 5.32 Å². The summed E-state index contributed by atoms with van der Waals surface area (Å²) < 4.78 is 10.9. The number of carboxylic acid groups (broad SMARTS) is 1. The predicted octanol–water partition coefficient (Wildman–Crippen LogP) is 3.52. The maximum Gasteiger partial charge on any atom is 0.335 e. The number of nitrogens with one attached hydrogen (secondary N) is 1. The molecule has 1 heterocycles. The molecule has 0 aliphatic carbocycles. The van der Waals surface area contributed by atoms with Gasteiger partial charge in [0.1, 0.15) is 18.2 Å². The van der Waals surface area contributed by atoms with Crippen LogP contribution in [0.1, 0.15) is 104 Å². The van der Waals surface area contributed by atoms with Crippen LogP contribution in [-0.4, -0.2) is 64.4 Å². The summed E-state index contributed by atoms with van der Waals surface area (Å²) in [5, 5.41) is 31.8. The quantitative estimate of drug-likeness (QED) is 0.231. The number of rotatable bonds is 18. The normalized spacial score (nSPS) is 25.6. The standard InChI is InChI=1S/C24H45NO7/c1-3-4-5-6-7-8-9-10-11-12-13-14-15-16-17-31-24-19(25-18(2)26)20(27)21(28)22(32-24)23(29)30/h19-22,24,27-28H,3-17H2,1-2H3,(H,25,26)(H,29,30)/t19-,20-,21+,22+,24?/m1/s1. The predicted molar refractivity (Wildman–Crippen MR) is 122 cm³/mol. The van der Waals surface area contributed by atoms with E-state index in [1.165, 1.54) is 77.6 Å². The first kappa shape index (κ1) is 28.8. The summed E-state index contributed by atoms with van der Waals surface area (Å²) in [6.45, 7) is 3.84. The Morgan fingerprint density at radius 3 is 1.72 bits per heavy atom. The molecule has 0 bridgehead atoms. The van der Waals surface area contributed by atoms with Gasteiger partial charge in [0, 0.05) is 13.5 Å². The van der Waals surface area contributed by atoms with Gasteiger partial charge in [0.2, 0.25) is 5.91 Å². The first-order valence-corrected chi connectivity index (χ1v) is 12.5. The second-order valence-electron chi connectivity index (χ2n) is 8.94. The molecule has 1 aliphatic heterocycles. The third-order valence-corrected chi connectivity index (χ3v) is 6.00. The SMILES string of the molecule is CCCCCCCCCCCCCCCCOC1O[C@H](C(=O)O)[C@@H](O)[C@H](O)[C@H]1NC(C)=O. The van der Waals surface area contributed by atoms with Gasteiger partial charge in [-0.2, -0.15) is 0 Å². The van der Waals surface area contributed by atoms with Gasteiger partial charge in [-0.25, -0.2) is 4.79 Å².